The number of rotatable bonds is 3. The molecule has 0 bridgehead atoms. The summed E-state index contributed by atoms with van der Waals surface area (Å²) in [5.74, 6) is -1.69. The third-order valence-electron chi connectivity index (χ3n) is 2.73. The molecule has 0 saturated heterocycles. The van der Waals surface area contributed by atoms with Gasteiger partial charge in [-0.05, 0) is 48.2 Å². The minimum absolute atomic E-state index is 0.428. The van der Waals surface area contributed by atoms with Crippen LogP contribution in [0.15, 0.2) is 40.8 Å². The second kappa shape index (κ2) is 7.15. The summed E-state index contributed by atoms with van der Waals surface area (Å²) in [6, 6.07) is 10.1. The van der Waals surface area contributed by atoms with Gasteiger partial charge in [-0.15, -0.1) is 11.3 Å². The molecule has 0 aliphatic carbocycles. The van der Waals surface area contributed by atoms with Crippen molar-refractivity contribution in [3.63, 3.8) is 0 Å². The number of benzene rings is 1. The molecule has 7 heteroatoms. The lowest BCUT2D eigenvalue weighted by Gasteiger charge is -2.03. The van der Waals surface area contributed by atoms with Gasteiger partial charge in [-0.25, -0.2) is 5.43 Å². The van der Waals surface area contributed by atoms with E-state index in [-0.39, 0.29) is 0 Å². The van der Waals surface area contributed by atoms with E-state index in [2.05, 4.69) is 15.8 Å². The molecule has 2 amide bonds. The summed E-state index contributed by atoms with van der Waals surface area (Å²) in [6.45, 7) is 1.93. The molecule has 2 N–H and O–H groups in total. The third-order valence-corrected chi connectivity index (χ3v) is 3.68. The minimum atomic E-state index is -0.866. The van der Waals surface area contributed by atoms with Crippen LogP contribution in [0.1, 0.15) is 16.0 Å². The van der Waals surface area contributed by atoms with Gasteiger partial charge in [0.25, 0.3) is 0 Å². The number of hydrogen-bond acceptors (Lipinski definition) is 5. The molecule has 0 aliphatic rings. The van der Waals surface area contributed by atoms with Crippen LogP contribution in [0, 0.1) is 18.3 Å². The van der Waals surface area contributed by atoms with Gasteiger partial charge in [-0.2, -0.15) is 10.4 Å². The summed E-state index contributed by atoms with van der Waals surface area (Å²) in [5.41, 5.74) is 4.11. The Balaban J connectivity index is 1.89. The molecule has 1 aromatic carbocycles. The smallest absolute Gasteiger partial charge is 0.318 e. The van der Waals surface area contributed by atoms with Gasteiger partial charge in [0.1, 0.15) is 0 Å². The molecule has 0 atom stereocenters. The van der Waals surface area contributed by atoms with Crippen molar-refractivity contribution in [2.45, 2.75) is 6.92 Å². The van der Waals surface area contributed by atoms with E-state index in [1.165, 1.54) is 17.6 Å². The molecule has 110 valence electrons. The van der Waals surface area contributed by atoms with Crippen LogP contribution in [0.25, 0.3) is 0 Å². The Morgan fingerprint density at radius 2 is 1.95 bits per heavy atom. The van der Waals surface area contributed by atoms with E-state index in [0.29, 0.717) is 11.3 Å². The average Bonchev–Trinajstić information content (AvgIpc) is 2.93. The molecule has 6 nitrogen and oxygen atoms in total. The molecule has 0 fully saturated rings. The third kappa shape index (κ3) is 4.01. The van der Waals surface area contributed by atoms with E-state index < -0.39 is 11.8 Å². The number of nitrogens with zero attached hydrogens (tertiary/aromatic N) is 2. The summed E-state index contributed by atoms with van der Waals surface area (Å²) >= 11 is 1.49. The van der Waals surface area contributed by atoms with Crippen LogP contribution in [0.2, 0.25) is 0 Å². The van der Waals surface area contributed by atoms with Gasteiger partial charge in [0.05, 0.1) is 17.8 Å². The van der Waals surface area contributed by atoms with Crippen LogP contribution in [0.3, 0.4) is 0 Å². The Morgan fingerprint density at radius 1 is 1.23 bits per heavy atom. The molecule has 2 aromatic rings. The molecular formula is C15H12N4O2S. The fraction of sp³-hybridized carbons (Fsp3) is 0.0667. The molecule has 2 rings (SSSR count). The van der Waals surface area contributed by atoms with Gasteiger partial charge in [-0.1, -0.05) is 0 Å². The van der Waals surface area contributed by atoms with Crippen LogP contribution in [-0.2, 0) is 9.59 Å². The Hall–Kier alpha value is -2.98. The van der Waals surface area contributed by atoms with Crippen molar-refractivity contribution in [1.82, 2.24) is 5.43 Å². The second-order valence-electron chi connectivity index (χ2n) is 4.31. The van der Waals surface area contributed by atoms with Crippen molar-refractivity contribution in [1.29, 1.82) is 5.26 Å². The van der Waals surface area contributed by atoms with Crippen LogP contribution in [-0.4, -0.2) is 18.0 Å². The molecule has 22 heavy (non-hydrogen) atoms. The van der Waals surface area contributed by atoms with Gasteiger partial charge in [0, 0.05) is 10.6 Å². The molecule has 1 heterocycles. The van der Waals surface area contributed by atoms with Crippen molar-refractivity contribution >= 4 is 35.1 Å². The zero-order valence-corrected chi connectivity index (χ0v) is 12.5. The predicted octanol–water partition coefficient (Wildman–Crippen LogP) is 2.02. The maximum Gasteiger partial charge on any atom is 0.329 e. The summed E-state index contributed by atoms with van der Waals surface area (Å²) in [4.78, 5) is 24.2. The number of carbonyl (C=O) groups is 2. The summed E-state index contributed by atoms with van der Waals surface area (Å²) in [7, 11) is 0. The highest BCUT2D eigenvalue weighted by molar-refractivity contribution is 7.11. The number of thiophene rings is 1. The Bertz CT molecular complexity index is 757. The maximum atomic E-state index is 11.7. The lowest BCUT2D eigenvalue weighted by atomic mass is 10.2. The summed E-state index contributed by atoms with van der Waals surface area (Å²) in [6.07, 6.45) is 1.49. The molecule has 0 aliphatic heterocycles. The Morgan fingerprint density at radius 3 is 2.55 bits per heavy atom. The van der Waals surface area contributed by atoms with Gasteiger partial charge >= 0.3 is 11.8 Å². The number of amides is 2. The standard InChI is InChI=1S/C15H12N4O2S/c1-10-6-7-22-13(10)9-17-19-15(21)14(20)18-12-4-2-11(8-16)3-5-12/h2-7,9H,1H3,(H,18,20)(H,19,21). The second-order valence-corrected chi connectivity index (χ2v) is 5.26. The zero-order chi connectivity index (χ0) is 15.9. The lowest BCUT2D eigenvalue weighted by Crippen LogP contribution is -2.32. The Labute approximate surface area is 131 Å². The molecule has 0 unspecified atom stereocenters. The maximum absolute atomic E-state index is 11.7. The van der Waals surface area contributed by atoms with Gasteiger partial charge < -0.3 is 5.32 Å². The SMILES string of the molecule is Cc1ccsc1C=NNC(=O)C(=O)Nc1ccc(C#N)cc1. The summed E-state index contributed by atoms with van der Waals surface area (Å²) < 4.78 is 0. The number of hydrazone groups is 1. The number of aryl methyl sites for hydroxylation is 1. The van der Waals surface area contributed by atoms with Gasteiger partial charge in [-0.3, -0.25) is 9.59 Å². The van der Waals surface area contributed by atoms with Crippen molar-refractivity contribution in [3.8, 4) is 6.07 Å². The number of nitrogens with one attached hydrogen (secondary N) is 2. The van der Waals surface area contributed by atoms with E-state index in [1.807, 2.05) is 24.4 Å². The monoisotopic (exact) mass is 312 g/mol. The van der Waals surface area contributed by atoms with Crippen LogP contribution in [0.4, 0.5) is 5.69 Å². The lowest BCUT2D eigenvalue weighted by molar-refractivity contribution is -0.136. The first-order valence-corrected chi connectivity index (χ1v) is 7.17. The molecule has 0 saturated carbocycles. The van der Waals surface area contributed by atoms with Crippen LogP contribution < -0.4 is 10.7 Å². The van der Waals surface area contributed by atoms with Gasteiger partial charge in [0.2, 0.25) is 0 Å². The first-order chi connectivity index (χ1) is 10.6. The topological polar surface area (TPSA) is 94.3 Å². The zero-order valence-electron chi connectivity index (χ0n) is 11.7. The highest BCUT2D eigenvalue weighted by Gasteiger charge is 2.12. The summed E-state index contributed by atoms with van der Waals surface area (Å²) in [5, 5.41) is 16.8. The van der Waals surface area contributed by atoms with Crippen molar-refractivity contribution in [3.05, 3.63) is 51.7 Å². The van der Waals surface area contributed by atoms with Crippen molar-refractivity contribution in [2.24, 2.45) is 5.10 Å². The molecule has 1 aromatic heterocycles. The number of anilines is 1. The number of nitriles is 1. The number of hydrogen-bond donors (Lipinski definition) is 2. The molecule has 0 radical (unpaired) electrons. The van der Waals surface area contributed by atoms with Gasteiger partial charge in [0.15, 0.2) is 0 Å². The fourth-order valence-electron chi connectivity index (χ4n) is 1.53. The number of carbonyl (C=O) groups excluding carboxylic acids is 2. The first-order valence-electron chi connectivity index (χ1n) is 6.29. The largest absolute Gasteiger partial charge is 0.329 e. The normalized spacial score (nSPS) is 10.2. The van der Waals surface area contributed by atoms with Crippen molar-refractivity contribution < 1.29 is 9.59 Å². The average molecular weight is 312 g/mol. The predicted molar refractivity (Wildman–Crippen MR) is 84.6 cm³/mol. The van der Waals surface area contributed by atoms with E-state index in [4.69, 9.17) is 5.26 Å². The van der Waals surface area contributed by atoms with Crippen LogP contribution in [0.5, 0.6) is 0 Å². The quantitative estimate of drug-likeness (QED) is 0.515. The van der Waals surface area contributed by atoms with E-state index in [1.54, 1.807) is 24.3 Å². The Kier molecular flexibility index (Phi) is 5.01. The van der Waals surface area contributed by atoms with Crippen molar-refractivity contribution in [2.75, 3.05) is 5.32 Å². The highest BCUT2D eigenvalue weighted by atomic mass is 32.1. The molecule has 0 spiro atoms. The minimum Gasteiger partial charge on any atom is -0.318 e. The molecular weight excluding hydrogens is 300 g/mol. The van der Waals surface area contributed by atoms with Crippen LogP contribution >= 0.6 is 11.3 Å². The first kappa shape index (κ1) is 15.4. The highest BCUT2D eigenvalue weighted by Crippen LogP contribution is 2.12. The van der Waals surface area contributed by atoms with E-state index in [9.17, 15) is 9.59 Å². The fourth-order valence-corrected chi connectivity index (χ4v) is 2.32. The van der Waals surface area contributed by atoms with E-state index in [0.717, 1.165) is 10.4 Å². The van der Waals surface area contributed by atoms with E-state index >= 15 is 0 Å².